The van der Waals surface area contributed by atoms with Crippen LogP contribution in [-0.2, 0) is 20.7 Å². The summed E-state index contributed by atoms with van der Waals surface area (Å²) >= 11 is 1.55. The van der Waals surface area contributed by atoms with Gasteiger partial charge in [0.15, 0.2) is 0 Å². The van der Waals surface area contributed by atoms with Gasteiger partial charge < -0.3 is 9.47 Å². The highest BCUT2D eigenvalue weighted by atomic mass is 32.1. The first kappa shape index (κ1) is 17.7. The molecule has 0 fully saturated rings. The van der Waals surface area contributed by atoms with Crippen molar-refractivity contribution in [3.8, 4) is 0 Å². The van der Waals surface area contributed by atoms with Gasteiger partial charge in [0.1, 0.15) is 5.60 Å². The molecule has 0 saturated carbocycles. The van der Waals surface area contributed by atoms with Gasteiger partial charge in [0, 0.05) is 11.3 Å². The number of esters is 2. The third-order valence-electron chi connectivity index (χ3n) is 2.95. The molecule has 0 radical (unpaired) electrons. The highest BCUT2D eigenvalue weighted by Gasteiger charge is 2.19. The van der Waals surface area contributed by atoms with Gasteiger partial charge in [0.05, 0.1) is 12.7 Å². The second kappa shape index (κ2) is 7.59. The molecule has 0 aliphatic carbocycles. The van der Waals surface area contributed by atoms with E-state index in [1.165, 1.54) is 7.11 Å². The molecule has 0 spiro atoms. The van der Waals surface area contributed by atoms with Crippen molar-refractivity contribution in [2.45, 2.75) is 52.6 Å². The Hall–Kier alpha value is -1.36. The Labute approximate surface area is 130 Å². The smallest absolute Gasteiger partial charge is 0.338 e. The molecule has 0 N–H and O–H groups in total. The number of aryl methyl sites for hydroxylation is 1. The summed E-state index contributed by atoms with van der Waals surface area (Å²) < 4.78 is 10.1. The molecule has 0 aromatic carbocycles. The Morgan fingerprint density at radius 1 is 1.33 bits per heavy atom. The topological polar surface area (TPSA) is 52.6 Å². The maximum absolute atomic E-state index is 11.8. The summed E-state index contributed by atoms with van der Waals surface area (Å²) in [6.45, 7) is 7.62. The Bertz CT molecular complexity index is 485. The fourth-order valence-electron chi connectivity index (χ4n) is 1.97. The van der Waals surface area contributed by atoms with Gasteiger partial charge in [-0.1, -0.05) is 6.92 Å². The molecule has 0 aliphatic rings. The summed E-state index contributed by atoms with van der Waals surface area (Å²) in [7, 11) is 1.38. The number of thiophene rings is 1. The fourth-order valence-corrected chi connectivity index (χ4v) is 2.86. The minimum atomic E-state index is -0.442. The van der Waals surface area contributed by atoms with E-state index < -0.39 is 5.60 Å². The molecule has 118 valence electrons. The van der Waals surface area contributed by atoms with E-state index in [0.29, 0.717) is 12.0 Å². The number of rotatable bonds is 6. The minimum absolute atomic E-state index is 0.172. The Kier molecular flexibility index (Phi) is 6.40. The lowest BCUT2D eigenvalue weighted by atomic mass is 10.00. The average molecular weight is 312 g/mol. The molecule has 0 amide bonds. The van der Waals surface area contributed by atoms with E-state index in [1.54, 1.807) is 17.4 Å². The van der Waals surface area contributed by atoms with Crippen molar-refractivity contribution in [2.24, 2.45) is 5.92 Å². The lowest BCUT2D eigenvalue weighted by molar-refractivity contribution is -0.155. The largest absolute Gasteiger partial charge is 0.465 e. The normalized spacial score (nSPS) is 12.8. The Morgan fingerprint density at radius 3 is 2.57 bits per heavy atom. The zero-order valence-corrected chi connectivity index (χ0v) is 14.2. The molecule has 1 rings (SSSR count). The maximum Gasteiger partial charge on any atom is 0.338 e. The van der Waals surface area contributed by atoms with Crippen molar-refractivity contribution in [1.82, 2.24) is 0 Å². The summed E-state index contributed by atoms with van der Waals surface area (Å²) in [5, 5.41) is 1.89. The van der Waals surface area contributed by atoms with Crippen molar-refractivity contribution >= 4 is 23.3 Å². The zero-order valence-electron chi connectivity index (χ0n) is 13.4. The summed E-state index contributed by atoms with van der Waals surface area (Å²) in [6, 6.07) is 1.78. The molecule has 4 nitrogen and oxygen atoms in total. The van der Waals surface area contributed by atoms with E-state index in [0.717, 1.165) is 17.7 Å². The lowest BCUT2D eigenvalue weighted by Gasteiger charge is -2.20. The fraction of sp³-hybridized carbons (Fsp3) is 0.625. The summed E-state index contributed by atoms with van der Waals surface area (Å²) in [6.07, 6.45) is 2.01. The predicted octanol–water partition coefficient (Wildman–Crippen LogP) is 3.84. The van der Waals surface area contributed by atoms with Crippen LogP contribution in [-0.4, -0.2) is 24.6 Å². The van der Waals surface area contributed by atoms with Gasteiger partial charge in [0.25, 0.3) is 0 Å². The molecular formula is C16H24O4S. The lowest BCUT2D eigenvalue weighted by Crippen LogP contribution is -2.25. The van der Waals surface area contributed by atoms with Crippen LogP contribution in [0.2, 0.25) is 0 Å². The van der Waals surface area contributed by atoms with Crippen LogP contribution < -0.4 is 0 Å². The first-order valence-corrected chi connectivity index (χ1v) is 7.97. The highest BCUT2D eigenvalue weighted by molar-refractivity contribution is 7.10. The molecule has 1 aromatic heterocycles. The van der Waals surface area contributed by atoms with E-state index in [1.807, 2.05) is 33.1 Å². The van der Waals surface area contributed by atoms with E-state index >= 15 is 0 Å². The van der Waals surface area contributed by atoms with Crippen molar-refractivity contribution in [1.29, 1.82) is 0 Å². The molecule has 21 heavy (non-hydrogen) atoms. The molecule has 0 saturated heterocycles. The number of hydrogen-bond acceptors (Lipinski definition) is 5. The summed E-state index contributed by atoms with van der Waals surface area (Å²) in [4.78, 5) is 24.4. The van der Waals surface area contributed by atoms with Crippen LogP contribution in [0.1, 0.15) is 55.8 Å². The Morgan fingerprint density at radius 2 is 2.00 bits per heavy atom. The molecule has 5 heteroatoms. The van der Waals surface area contributed by atoms with E-state index in [9.17, 15) is 9.59 Å². The van der Waals surface area contributed by atoms with Crippen LogP contribution in [0.5, 0.6) is 0 Å². The number of carbonyl (C=O) groups excluding carboxylic acids is 2. The van der Waals surface area contributed by atoms with Crippen LogP contribution in [0.4, 0.5) is 0 Å². The van der Waals surface area contributed by atoms with Gasteiger partial charge in [-0.3, -0.25) is 4.79 Å². The van der Waals surface area contributed by atoms with Gasteiger partial charge in [-0.2, -0.15) is 0 Å². The number of ether oxygens (including phenoxy) is 2. The highest BCUT2D eigenvalue weighted by Crippen LogP contribution is 2.23. The van der Waals surface area contributed by atoms with Crippen LogP contribution in [0.25, 0.3) is 0 Å². The second-order valence-electron chi connectivity index (χ2n) is 6.18. The molecule has 1 atom stereocenters. The van der Waals surface area contributed by atoms with Gasteiger partial charge in [-0.15, -0.1) is 11.3 Å². The molecule has 1 heterocycles. The van der Waals surface area contributed by atoms with Gasteiger partial charge in [0.2, 0.25) is 0 Å². The standard InChI is InChI=1S/C16H24O4S/c1-11(10-14(17)20-16(2,3)4)6-7-13-12(8-9-21-13)15(18)19-5/h8-9,11H,6-7,10H2,1-5H3. The van der Waals surface area contributed by atoms with Gasteiger partial charge >= 0.3 is 11.9 Å². The van der Waals surface area contributed by atoms with E-state index in [4.69, 9.17) is 9.47 Å². The monoisotopic (exact) mass is 312 g/mol. The first-order chi connectivity index (χ1) is 9.73. The van der Waals surface area contributed by atoms with Crippen molar-refractivity contribution in [3.63, 3.8) is 0 Å². The van der Waals surface area contributed by atoms with Crippen LogP contribution in [0.3, 0.4) is 0 Å². The quantitative estimate of drug-likeness (QED) is 0.749. The van der Waals surface area contributed by atoms with E-state index in [2.05, 4.69) is 0 Å². The second-order valence-corrected chi connectivity index (χ2v) is 7.18. The third kappa shape index (κ3) is 6.29. The van der Waals surface area contributed by atoms with Crippen molar-refractivity contribution < 1.29 is 19.1 Å². The Balaban J connectivity index is 2.47. The number of methoxy groups -OCH3 is 1. The SMILES string of the molecule is COC(=O)c1ccsc1CCC(C)CC(=O)OC(C)(C)C. The minimum Gasteiger partial charge on any atom is -0.465 e. The molecule has 1 aromatic rings. The first-order valence-electron chi connectivity index (χ1n) is 7.09. The average Bonchev–Trinajstić information content (AvgIpc) is 2.81. The van der Waals surface area contributed by atoms with Gasteiger partial charge in [-0.05, 0) is 51.0 Å². The molecule has 1 unspecified atom stereocenters. The summed E-state index contributed by atoms with van der Waals surface area (Å²) in [5.74, 6) is -0.257. The number of hydrogen-bond donors (Lipinski definition) is 0. The summed E-state index contributed by atoms with van der Waals surface area (Å²) in [5.41, 5.74) is 0.190. The van der Waals surface area contributed by atoms with Crippen molar-refractivity contribution in [3.05, 3.63) is 21.9 Å². The molecule has 0 aliphatic heterocycles. The molecular weight excluding hydrogens is 288 g/mol. The van der Waals surface area contributed by atoms with Crippen LogP contribution in [0.15, 0.2) is 11.4 Å². The third-order valence-corrected chi connectivity index (χ3v) is 3.93. The van der Waals surface area contributed by atoms with Gasteiger partial charge in [-0.25, -0.2) is 4.79 Å². The van der Waals surface area contributed by atoms with Crippen LogP contribution in [0, 0.1) is 5.92 Å². The van der Waals surface area contributed by atoms with Crippen LogP contribution >= 0.6 is 11.3 Å². The van der Waals surface area contributed by atoms with Crippen molar-refractivity contribution in [2.75, 3.05) is 7.11 Å². The maximum atomic E-state index is 11.8. The molecule has 0 bridgehead atoms. The number of carbonyl (C=O) groups is 2. The zero-order chi connectivity index (χ0) is 16.0. The van der Waals surface area contributed by atoms with E-state index in [-0.39, 0.29) is 17.9 Å². The predicted molar refractivity (Wildman–Crippen MR) is 83.6 cm³/mol.